The number of nitrogens with one attached hydrogen (secondary N) is 2. The Morgan fingerprint density at radius 3 is 2.64 bits per heavy atom. The number of nitrogen functional groups attached to an aromatic ring is 1. The van der Waals surface area contributed by atoms with E-state index < -0.39 is 0 Å². The summed E-state index contributed by atoms with van der Waals surface area (Å²) in [6, 6.07) is 0.252. The Hall–Kier alpha value is -1.92. The maximum Gasteiger partial charge on any atom is 0.227 e. The first-order valence-corrected chi connectivity index (χ1v) is 8.21. The van der Waals surface area contributed by atoms with Gasteiger partial charge in [0.25, 0.3) is 0 Å². The molecule has 4 rings (SSSR count). The van der Waals surface area contributed by atoms with E-state index in [1.54, 1.807) is 0 Å². The van der Waals surface area contributed by atoms with Crippen molar-refractivity contribution in [2.75, 3.05) is 17.6 Å². The molecule has 1 aliphatic heterocycles. The first-order valence-electron chi connectivity index (χ1n) is 8.21. The van der Waals surface area contributed by atoms with Crippen molar-refractivity contribution in [3.05, 3.63) is 5.82 Å². The molecule has 2 heterocycles. The summed E-state index contributed by atoms with van der Waals surface area (Å²) in [7, 11) is 0. The number of nitrogens with two attached hydrogens (primary N) is 1. The minimum absolute atomic E-state index is 0.148. The highest BCUT2D eigenvalue weighted by atomic mass is 16.2. The largest absolute Gasteiger partial charge is 0.368 e. The molecule has 1 spiro atoms. The van der Waals surface area contributed by atoms with Crippen LogP contribution in [0.1, 0.15) is 56.7 Å². The van der Waals surface area contributed by atoms with Crippen LogP contribution in [0.25, 0.3) is 0 Å². The molecule has 3 fully saturated rings. The van der Waals surface area contributed by atoms with Crippen LogP contribution in [0.4, 0.5) is 11.9 Å². The maximum absolute atomic E-state index is 11.9. The SMILES string of the molecule is Nc1nc(NC2CC3(CCNC3=O)C2)nc(C2CCCC2)n1. The number of nitrogens with zero attached hydrogens (tertiary/aromatic N) is 3. The Balaban J connectivity index is 1.44. The second-order valence-electron chi connectivity index (χ2n) is 6.89. The van der Waals surface area contributed by atoms with Crippen molar-refractivity contribution in [3.63, 3.8) is 0 Å². The van der Waals surface area contributed by atoms with Gasteiger partial charge in [0.15, 0.2) is 0 Å². The number of anilines is 2. The third-order valence-electron chi connectivity index (χ3n) is 5.37. The van der Waals surface area contributed by atoms with E-state index in [1.807, 2.05) is 0 Å². The van der Waals surface area contributed by atoms with Crippen molar-refractivity contribution in [2.45, 2.75) is 56.9 Å². The third-order valence-corrected chi connectivity index (χ3v) is 5.37. The van der Waals surface area contributed by atoms with Crippen molar-refractivity contribution in [1.29, 1.82) is 0 Å². The van der Waals surface area contributed by atoms with Crippen LogP contribution in [-0.2, 0) is 4.79 Å². The van der Waals surface area contributed by atoms with Gasteiger partial charge in [0.05, 0.1) is 5.41 Å². The van der Waals surface area contributed by atoms with Crippen molar-refractivity contribution in [2.24, 2.45) is 5.41 Å². The zero-order valence-corrected chi connectivity index (χ0v) is 12.6. The van der Waals surface area contributed by atoms with Gasteiger partial charge in [-0.1, -0.05) is 12.8 Å². The summed E-state index contributed by atoms with van der Waals surface area (Å²) >= 11 is 0. The van der Waals surface area contributed by atoms with Crippen LogP contribution >= 0.6 is 0 Å². The van der Waals surface area contributed by atoms with Gasteiger partial charge < -0.3 is 16.4 Å². The number of aromatic nitrogens is 3. The molecule has 0 radical (unpaired) electrons. The van der Waals surface area contributed by atoms with Crippen LogP contribution in [0.15, 0.2) is 0 Å². The molecule has 0 atom stereocenters. The fourth-order valence-corrected chi connectivity index (χ4v) is 4.11. The van der Waals surface area contributed by atoms with E-state index in [0.717, 1.165) is 44.5 Å². The van der Waals surface area contributed by atoms with Gasteiger partial charge in [-0.2, -0.15) is 15.0 Å². The number of rotatable bonds is 3. The molecule has 1 saturated heterocycles. The van der Waals surface area contributed by atoms with Gasteiger partial charge in [-0.05, 0) is 32.1 Å². The lowest BCUT2D eigenvalue weighted by Crippen LogP contribution is -2.49. The highest BCUT2D eigenvalue weighted by molar-refractivity contribution is 5.86. The Morgan fingerprint density at radius 1 is 1.18 bits per heavy atom. The van der Waals surface area contributed by atoms with Crippen LogP contribution in [0.5, 0.6) is 0 Å². The number of carbonyl (C=O) groups is 1. The quantitative estimate of drug-likeness (QED) is 0.774. The molecule has 0 aromatic carbocycles. The maximum atomic E-state index is 11.9. The molecule has 7 nitrogen and oxygen atoms in total. The Morgan fingerprint density at radius 2 is 1.95 bits per heavy atom. The Bertz CT molecular complexity index is 592. The summed E-state index contributed by atoms with van der Waals surface area (Å²) < 4.78 is 0. The summed E-state index contributed by atoms with van der Waals surface area (Å²) in [4.78, 5) is 24.9. The summed E-state index contributed by atoms with van der Waals surface area (Å²) in [6.07, 6.45) is 7.38. The minimum Gasteiger partial charge on any atom is -0.368 e. The zero-order valence-electron chi connectivity index (χ0n) is 12.6. The average molecular weight is 302 g/mol. The summed E-state index contributed by atoms with van der Waals surface area (Å²) in [5.74, 6) is 2.28. The number of hydrogen-bond acceptors (Lipinski definition) is 6. The minimum atomic E-state index is -0.148. The smallest absolute Gasteiger partial charge is 0.227 e. The highest BCUT2D eigenvalue weighted by Gasteiger charge is 2.52. The molecule has 22 heavy (non-hydrogen) atoms. The second kappa shape index (κ2) is 5.07. The van der Waals surface area contributed by atoms with E-state index in [9.17, 15) is 4.79 Å². The fourth-order valence-electron chi connectivity index (χ4n) is 4.11. The van der Waals surface area contributed by atoms with Gasteiger partial charge >= 0.3 is 0 Å². The molecule has 7 heteroatoms. The molecule has 1 aromatic heterocycles. The molecular weight excluding hydrogens is 280 g/mol. The molecule has 1 aromatic rings. The van der Waals surface area contributed by atoms with Crippen LogP contribution in [0.3, 0.4) is 0 Å². The van der Waals surface area contributed by atoms with Gasteiger partial charge in [0.2, 0.25) is 17.8 Å². The lowest BCUT2D eigenvalue weighted by molar-refractivity contribution is -0.132. The van der Waals surface area contributed by atoms with Crippen molar-refractivity contribution in [1.82, 2.24) is 20.3 Å². The van der Waals surface area contributed by atoms with E-state index >= 15 is 0 Å². The predicted octanol–water partition coefficient (Wildman–Crippen LogP) is 1.19. The van der Waals surface area contributed by atoms with Gasteiger partial charge in [0, 0.05) is 18.5 Å². The molecule has 1 amide bonds. The predicted molar refractivity (Wildman–Crippen MR) is 82.2 cm³/mol. The number of carbonyl (C=O) groups excluding carboxylic acids is 1. The molecule has 0 unspecified atom stereocenters. The first kappa shape index (κ1) is 13.7. The average Bonchev–Trinajstić information content (AvgIpc) is 3.08. The molecular formula is C15H22N6O. The normalized spacial score (nSPS) is 31.3. The van der Waals surface area contributed by atoms with Crippen LogP contribution < -0.4 is 16.4 Å². The van der Waals surface area contributed by atoms with Crippen LogP contribution in [0, 0.1) is 5.41 Å². The summed E-state index contributed by atoms with van der Waals surface area (Å²) in [6.45, 7) is 0.802. The third kappa shape index (κ3) is 2.28. The molecule has 4 N–H and O–H groups in total. The van der Waals surface area contributed by atoms with Gasteiger partial charge in [-0.25, -0.2) is 0 Å². The first-order chi connectivity index (χ1) is 10.6. The topological polar surface area (TPSA) is 106 Å². The van der Waals surface area contributed by atoms with Crippen molar-refractivity contribution < 1.29 is 4.79 Å². The molecule has 0 bridgehead atoms. The lowest BCUT2D eigenvalue weighted by atomic mass is 9.64. The molecule has 3 aliphatic rings. The standard InChI is InChI=1S/C15H22N6O/c16-13-19-11(9-3-1-2-4-9)20-14(21-13)18-10-7-15(8-10)5-6-17-12(15)22/h9-10H,1-8H2,(H,17,22)(H3,16,18,19,20,21). The fraction of sp³-hybridized carbons (Fsp3) is 0.733. The monoisotopic (exact) mass is 302 g/mol. The summed E-state index contributed by atoms with van der Waals surface area (Å²) in [5, 5.41) is 6.26. The van der Waals surface area contributed by atoms with Crippen molar-refractivity contribution >= 4 is 17.8 Å². The van der Waals surface area contributed by atoms with Crippen molar-refractivity contribution in [3.8, 4) is 0 Å². The van der Waals surface area contributed by atoms with Crippen LogP contribution in [-0.4, -0.2) is 33.4 Å². The van der Waals surface area contributed by atoms with E-state index in [4.69, 9.17) is 5.73 Å². The number of amides is 1. The van der Waals surface area contributed by atoms with Crippen LogP contribution in [0.2, 0.25) is 0 Å². The molecule has 118 valence electrons. The van der Waals surface area contributed by atoms with E-state index in [1.165, 1.54) is 12.8 Å². The van der Waals surface area contributed by atoms with Gasteiger partial charge in [-0.15, -0.1) is 0 Å². The zero-order chi connectivity index (χ0) is 15.2. The number of hydrogen-bond donors (Lipinski definition) is 3. The lowest BCUT2D eigenvalue weighted by Gasteiger charge is -2.43. The Kier molecular flexibility index (Phi) is 3.16. The summed E-state index contributed by atoms with van der Waals surface area (Å²) in [5.41, 5.74) is 5.69. The highest BCUT2D eigenvalue weighted by Crippen LogP contribution is 2.47. The van der Waals surface area contributed by atoms with E-state index in [2.05, 4.69) is 25.6 Å². The van der Waals surface area contributed by atoms with E-state index in [0.29, 0.717) is 11.9 Å². The molecule has 2 saturated carbocycles. The van der Waals surface area contributed by atoms with E-state index in [-0.39, 0.29) is 23.3 Å². The van der Waals surface area contributed by atoms with Gasteiger partial charge in [-0.3, -0.25) is 4.79 Å². The Labute approximate surface area is 129 Å². The second-order valence-corrected chi connectivity index (χ2v) is 6.89. The van der Waals surface area contributed by atoms with Gasteiger partial charge in [0.1, 0.15) is 5.82 Å². The molecule has 2 aliphatic carbocycles.